The first-order valence-corrected chi connectivity index (χ1v) is 7.59. The summed E-state index contributed by atoms with van der Waals surface area (Å²) in [5.41, 5.74) is 2.05. The second kappa shape index (κ2) is 8.86. The number of halogens is 1. The van der Waals surface area contributed by atoms with Crippen LogP contribution in [0.15, 0.2) is 48.8 Å². The van der Waals surface area contributed by atoms with Crippen LogP contribution in [0.2, 0.25) is 5.02 Å². The second-order valence-electron chi connectivity index (χ2n) is 5.32. The maximum atomic E-state index is 10.0. The van der Waals surface area contributed by atoms with Crippen molar-refractivity contribution in [3.63, 3.8) is 0 Å². The van der Waals surface area contributed by atoms with Gasteiger partial charge in [-0.2, -0.15) is 0 Å². The Hall–Kier alpha value is -1.46. The molecule has 118 valence electrons. The predicted molar refractivity (Wildman–Crippen MR) is 87.7 cm³/mol. The van der Waals surface area contributed by atoms with E-state index in [2.05, 4.69) is 4.98 Å². The van der Waals surface area contributed by atoms with E-state index in [9.17, 15) is 5.11 Å². The lowest BCUT2D eigenvalue weighted by Gasteiger charge is -2.20. The fourth-order valence-corrected chi connectivity index (χ4v) is 2.39. The van der Waals surface area contributed by atoms with Crippen LogP contribution in [0.1, 0.15) is 11.1 Å². The molecular weight excluding hydrogens is 300 g/mol. The average molecular weight is 321 g/mol. The van der Waals surface area contributed by atoms with Crippen molar-refractivity contribution in [2.75, 3.05) is 20.2 Å². The van der Waals surface area contributed by atoms with Crippen LogP contribution in [0.3, 0.4) is 0 Å². The zero-order chi connectivity index (χ0) is 15.8. The minimum atomic E-state index is -0.538. The molecule has 0 bridgehead atoms. The Balaban J connectivity index is 1.69. The van der Waals surface area contributed by atoms with Crippen molar-refractivity contribution in [3.05, 3.63) is 64.9 Å². The zero-order valence-corrected chi connectivity index (χ0v) is 13.4. The summed E-state index contributed by atoms with van der Waals surface area (Å²) in [5, 5.41) is 10.7. The van der Waals surface area contributed by atoms with Crippen LogP contribution >= 0.6 is 11.6 Å². The molecule has 22 heavy (non-hydrogen) atoms. The summed E-state index contributed by atoms with van der Waals surface area (Å²) >= 11 is 6.06. The lowest BCUT2D eigenvalue weighted by molar-refractivity contribution is 0.0127. The van der Waals surface area contributed by atoms with Crippen molar-refractivity contribution in [1.82, 2.24) is 9.88 Å². The van der Waals surface area contributed by atoms with Crippen LogP contribution in [0, 0.1) is 0 Å². The van der Waals surface area contributed by atoms with Crippen LogP contribution < -0.4 is 0 Å². The van der Waals surface area contributed by atoms with Gasteiger partial charge in [-0.1, -0.05) is 35.9 Å². The van der Waals surface area contributed by atoms with E-state index in [0.717, 1.165) is 17.7 Å². The largest absolute Gasteiger partial charge is 0.389 e. The van der Waals surface area contributed by atoms with E-state index in [4.69, 9.17) is 16.3 Å². The molecule has 1 unspecified atom stereocenters. The van der Waals surface area contributed by atoms with Gasteiger partial charge in [0.2, 0.25) is 0 Å². The summed E-state index contributed by atoms with van der Waals surface area (Å²) in [6, 6.07) is 11.5. The van der Waals surface area contributed by atoms with Gasteiger partial charge in [0.15, 0.2) is 0 Å². The number of aromatic nitrogens is 1. The molecule has 0 aliphatic heterocycles. The standard InChI is InChI=1S/C17H21ClN2O2/c1-20(10-14-5-4-8-19-9-14)11-16(21)13-22-12-15-6-2-3-7-17(15)18/h2-9,16,21H,10-13H2,1H3. The quantitative estimate of drug-likeness (QED) is 0.812. The molecule has 0 amide bonds. The Kier molecular flexibility index (Phi) is 6.80. The number of hydrogen-bond acceptors (Lipinski definition) is 4. The van der Waals surface area contributed by atoms with Crippen LogP contribution in [0.25, 0.3) is 0 Å². The van der Waals surface area contributed by atoms with Gasteiger partial charge in [0.05, 0.1) is 19.3 Å². The topological polar surface area (TPSA) is 45.6 Å². The normalized spacial score (nSPS) is 12.5. The molecule has 1 aromatic carbocycles. The van der Waals surface area contributed by atoms with Gasteiger partial charge in [-0.05, 0) is 30.3 Å². The number of hydrogen-bond donors (Lipinski definition) is 1. The molecule has 1 aromatic heterocycles. The van der Waals surface area contributed by atoms with E-state index in [1.165, 1.54) is 0 Å². The molecule has 1 heterocycles. The Morgan fingerprint density at radius 1 is 1.27 bits per heavy atom. The highest BCUT2D eigenvalue weighted by Crippen LogP contribution is 2.15. The van der Waals surface area contributed by atoms with Crippen molar-refractivity contribution in [2.45, 2.75) is 19.3 Å². The first-order valence-electron chi connectivity index (χ1n) is 7.22. The van der Waals surface area contributed by atoms with Crippen molar-refractivity contribution in [2.24, 2.45) is 0 Å². The molecule has 0 aliphatic rings. The fourth-order valence-electron chi connectivity index (χ4n) is 2.20. The zero-order valence-electron chi connectivity index (χ0n) is 12.7. The minimum Gasteiger partial charge on any atom is -0.389 e. The van der Waals surface area contributed by atoms with E-state index in [1.54, 1.807) is 6.20 Å². The van der Waals surface area contributed by atoms with Gasteiger partial charge in [0.25, 0.3) is 0 Å². The van der Waals surface area contributed by atoms with E-state index < -0.39 is 6.10 Å². The summed E-state index contributed by atoms with van der Waals surface area (Å²) in [6.45, 7) is 1.97. The van der Waals surface area contributed by atoms with Gasteiger partial charge in [-0.3, -0.25) is 9.88 Å². The second-order valence-corrected chi connectivity index (χ2v) is 5.73. The molecule has 0 spiro atoms. The number of rotatable bonds is 8. The number of benzene rings is 1. The van der Waals surface area contributed by atoms with Crippen molar-refractivity contribution in [1.29, 1.82) is 0 Å². The highest BCUT2D eigenvalue weighted by atomic mass is 35.5. The van der Waals surface area contributed by atoms with Gasteiger partial charge in [0, 0.05) is 30.5 Å². The van der Waals surface area contributed by atoms with Crippen LogP contribution in [0.5, 0.6) is 0 Å². The SMILES string of the molecule is CN(Cc1cccnc1)CC(O)COCc1ccccc1Cl. The molecule has 5 heteroatoms. The van der Waals surface area contributed by atoms with E-state index in [0.29, 0.717) is 18.2 Å². The molecule has 4 nitrogen and oxygen atoms in total. The third-order valence-corrected chi connectivity index (χ3v) is 3.59. The molecule has 2 rings (SSSR count). The van der Waals surface area contributed by atoms with Crippen LogP contribution in [-0.2, 0) is 17.9 Å². The van der Waals surface area contributed by atoms with Crippen molar-refractivity contribution < 1.29 is 9.84 Å². The van der Waals surface area contributed by atoms with Gasteiger partial charge in [-0.15, -0.1) is 0 Å². The molecule has 1 atom stereocenters. The summed E-state index contributed by atoms with van der Waals surface area (Å²) < 4.78 is 5.54. The van der Waals surface area contributed by atoms with E-state index in [-0.39, 0.29) is 6.61 Å². The monoisotopic (exact) mass is 320 g/mol. The smallest absolute Gasteiger partial charge is 0.0900 e. The minimum absolute atomic E-state index is 0.280. The van der Waals surface area contributed by atoms with Crippen molar-refractivity contribution in [3.8, 4) is 0 Å². The highest BCUT2D eigenvalue weighted by Gasteiger charge is 2.09. The molecule has 0 saturated carbocycles. The number of nitrogens with zero attached hydrogens (tertiary/aromatic N) is 2. The molecular formula is C17H21ClN2O2. The Labute approximate surface area is 136 Å². The third kappa shape index (κ3) is 5.73. The summed E-state index contributed by atoms with van der Waals surface area (Å²) in [4.78, 5) is 6.12. The van der Waals surface area contributed by atoms with E-state index in [1.807, 2.05) is 54.5 Å². The fraction of sp³-hybridized carbons (Fsp3) is 0.353. The first-order chi connectivity index (χ1) is 10.6. The van der Waals surface area contributed by atoms with Gasteiger partial charge in [-0.25, -0.2) is 0 Å². The number of aliphatic hydroxyl groups excluding tert-OH is 1. The van der Waals surface area contributed by atoms with Gasteiger partial charge >= 0.3 is 0 Å². The van der Waals surface area contributed by atoms with E-state index >= 15 is 0 Å². The highest BCUT2D eigenvalue weighted by molar-refractivity contribution is 6.31. The predicted octanol–water partition coefficient (Wildman–Crippen LogP) is 2.74. The first kappa shape index (κ1) is 16.9. The summed E-state index contributed by atoms with van der Waals surface area (Å²) in [5.74, 6) is 0. The number of aliphatic hydroxyl groups is 1. The van der Waals surface area contributed by atoms with Crippen molar-refractivity contribution >= 4 is 11.6 Å². The Morgan fingerprint density at radius 3 is 2.82 bits per heavy atom. The molecule has 0 radical (unpaired) electrons. The molecule has 2 aromatic rings. The number of ether oxygens (including phenoxy) is 1. The van der Waals surface area contributed by atoms with Crippen LogP contribution in [0.4, 0.5) is 0 Å². The third-order valence-electron chi connectivity index (χ3n) is 3.22. The Morgan fingerprint density at radius 2 is 2.09 bits per heavy atom. The molecule has 1 N–H and O–H groups in total. The maximum Gasteiger partial charge on any atom is 0.0900 e. The average Bonchev–Trinajstić information content (AvgIpc) is 2.50. The molecule has 0 saturated heterocycles. The molecule has 0 fully saturated rings. The number of likely N-dealkylation sites (N-methyl/N-ethyl adjacent to an activating group) is 1. The lowest BCUT2D eigenvalue weighted by Crippen LogP contribution is -2.31. The Bertz CT molecular complexity index is 566. The summed E-state index contributed by atoms with van der Waals surface area (Å²) in [6.07, 6.45) is 3.04. The van der Waals surface area contributed by atoms with Gasteiger partial charge in [0.1, 0.15) is 0 Å². The lowest BCUT2D eigenvalue weighted by atomic mass is 10.2. The molecule has 0 aliphatic carbocycles. The van der Waals surface area contributed by atoms with Gasteiger partial charge < -0.3 is 9.84 Å². The maximum absolute atomic E-state index is 10.0. The summed E-state index contributed by atoms with van der Waals surface area (Å²) in [7, 11) is 1.96. The number of pyridine rings is 1. The van der Waals surface area contributed by atoms with Crippen LogP contribution in [-0.4, -0.2) is 41.3 Å².